The maximum absolute atomic E-state index is 3.80. The van der Waals surface area contributed by atoms with E-state index in [1.807, 2.05) is 0 Å². The van der Waals surface area contributed by atoms with E-state index in [0.717, 1.165) is 5.92 Å². The molecule has 17 heavy (non-hydrogen) atoms. The van der Waals surface area contributed by atoms with Gasteiger partial charge in [0.25, 0.3) is 0 Å². The van der Waals surface area contributed by atoms with Gasteiger partial charge in [-0.1, -0.05) is 26.7 Å². The number of hydrogen-bond donors (Lipinski definition) is 1. The van der Waals surface area contributed by atoms with Crippen LogP contribution in [0.25, 0.3) is 0 Å². The van der Waals surface area contributed by atoms with Crippen molar-refractivity contribution in [2.45, 2.75) is 64.3 Å². The molecule has 0 spiro atoms. The average Bonchev–Trinajstić information content (AvgIpc) is 2.91. The largest absolute Gasteiger partial charge is 0.310 e. The molecule has 0 saturated carbocycles. The van der Waals surface area contributed by atoms with Crippen molar-refractivity contribution in [2.75, 3.05) is 26.2 Å². The molecule has 1 N–H and O–H groups in total. The average molecular weight is 238 g/mol. The molecule has 0 aromatic carbocycles. The summed E-state index contributed by atoms with van der Waals surface area (Å²) in [6, 6.07) is 0. The Hall–Kier alpha value is -0.0800. The van der Waals surface area contributed by atoms with Crippen molar-refractivity contribution in [3.63, 3.8) is 0 Å². The van der Waals surface area contributed by atoms with Crippen LogP contribution < -0.4 is 5.32 Å². The van der Waals surface area contributed by atoms with E-state index >= 15 is 0 Å². The van der Waals surface area contributed by atoms with E-state index < -0.39 is 0 Å². The molecule has 2 heteroatoms. The quantitative estimate of drug-likeness (QED) is 0.765. The highest BCUT2D eigenvalue weighted by Gasteiger charge is 2.36. The molecule has 100 valence electrons. The summed E-state index contributed by atoms with van der Waals surface area (Å²) in [5.74, 6) is 0.986. The van der Waals surface area contributed by atoms with Gasteiger partial charge in [0.15, 0.2) is 0 Å². The summed E-state index contributed by atoms with van der Waals surface area (Å²) < 4.78 is 0. The minimum Gasteiger partial charge on any atom is -0.310 e. The first-order valence-corrected chi connectivity index (χ1v) is 7.75. The first-order valence-electron chi connectivity index (χ1n) is 7.75. The molecule has 0 amide bonds. The lowest BCUT2D eigenvalue weighted by atomic mass is 9.91. The van der Waals surface area contributed by atoms with Crippen molar-refractivity contribution in [1.82, 2.24) is 10.2 Å². The topological polar surface area (TPSA) is 15.3 Å². The van der Waals surface area contributed by atoms with Crippen molar-refractivity contribution in [3.8, 4) is 0 Å². The van der Waals surface area contributed by atoms with Crippen LogP contribution in [0.5, 0.6) is 0 Å². The van der Waals surface area contributed by atoms with Gasteiger partial charge in [-0.15, -0.1) is 0 Å². The minimum absolute atomic E-state index is 0.468. The Bertz CT molecular complexity index is 221. The molecule has 2 heterocycles. The Morgan fingerprint density at radius 2 is 2.18 bits per heavy atom. The van der Waals surface area contributed by atoms with Crippen LogP contribution in [0.1, 0.15) is 58.8 Å². The lowest BCUT2D eigenvalue weighted by Gasteiger charge is -2.34. The van der Waals surface area contributed by atoms with E-state index in [2.05, 4.69) is 24.1 Å². The molecule has 0 bridgehead atoms. The fourth-order valence-electron chi connectivity index (χ4n) is 3.90. The minimum atomic E-state index is 0.468. The van der Waals surface area contributed by atoms with E-state index in [0.29, 0.717) is 5.54 Å². The van der Waals surface area contributed by atoms with Crippen molar-refractivity contribution >= 4 is 0 Å². The smallest absolute Gasteiger partial charge is 0.0309 e. The Kier molecular flexibility index (Phi) is 4.87. The molecular weight excluding hydrogens is 208 g/mol. The first-order chi connectivity index (χ1) is 8.28. The van der Waals surface area contributed by atoms with Crippen LogP contribution in [0, 0.1) is 5.92 Å². The van der Waals surface area contributed by atoms with E-state index in [-0.39, 0.29) is 0 Å². The van der Waals surface area contributed by atoms with E-state index in [9.17, 15) is 0 Å². The number of rotatable bonds is 6. The van der Waals surface area contributed by atoms with Gasteiger partial charge in [0.1, 0.15) is 0 Å². The second kappa shape index (κ2) is 6.19. The van der Waals surface area contributed by atoms with Gasteiger partial charge in [-0.3, -0.25) is 0 Å². The standard InChI is InChI=1S/C15H30N2/c1-3-6-14-7-11-17(12-14)13-15(8-4-2)9-5-10-16-15/h14,16H,3-13H2,1-2H3. The SMILES string of the molecule is CCCC1CCN(CC2(CCC)CCCN2)C1. The summed E-state index contributed by atoms with van der Waals surface area (Å²) in [6.45, 7) is 9.90. The normalized spacial score (nSPS) is 34.6. The predicted molar refractivity (Wildman–Crippen MR) is 74.3 cm³/mol. The molecule has 2 aliphatic rings. The molecule has 0 aromatic rings. The van der Waals surface area contributed by atoms with Gasteiger partial charge in [-0.25, -0.2) is 0 Å². The third-order valence-corrected chi connectivity index (χ3v) is 4.65. The van der Waals surface area contributed by atoms with Crippen molar-refractivity contribution in [3.05, 3.63) is 0 Å². The number of likely N-dealkylation sites (tertiary alicyclic amines) is 1. The third-order valence-electron chi connectivity index (χ3n) is 4.65. The molecular formula is C15H30N2. The second-order valence-corrected chi connectivity index (χ2v) is 6.24. The monoisotopic (exact) mass is 238 g/mol. The van der Waals surface area contributed by atoms with E-state index in [4.69, 9.17) is 0 Å². The van der Waals surface area contributed by atoms with Crippen LogP contribution >= 0.6 is 0 Å². The second-order valence-electron chi connectivity index (χ2n) is 6.24. The molecule has 2 fully saturated rings. The molecule has 2 nitrogen and oxygen atoms in total. The number of nitrogens with one attached hydrogen (secondary N) is 1. The van der Waals surface area contributed by atoms with Gasteiger partial charge in [0.2, 0.25) is 0 Å². The maximum atomic E-state index is 3.80. The van der Waals surface area contributed by atoms with Crippen molar-refractivity contribution < 1.29 is 0 Å². The summed E-state index contributed by atoms with van der Waals surface area (Å²) in [7, 11) is 0. The van der Waals surface area contributed by atoms with Gasteiger partial charge in [0.05, 0.1) is 0 Å². The van der Waals surface area contributed by atoms with E-state index in [1.165, 1.54) is 71.1 Å². The van der Waals surface area contributed by atoms with Gasteiger partial charge in [-0.2, -0.15) is 0 Å². The first kappa shape index (κ1) is 13.4. The molecule has 0 aromatic heterocycles. The molecule has 2 saturated heterocycles. The number of hydrogen-bond acceptors (Lipinski definition) is 2. The van der Waals surface area contributed by atoms with Gasteiger partial charge in [-0.05, 0) is 51.1 Å². The van der Waals surface area contributed by atoms with Crippen LogP contribution in [-0.2, 0) is 0 Å². The van der Waals surface area contributed by atoms with Gasteiger partial charge in [0, 0.05) is 18.6 Å². The Morgan fingerprint density at radius 1 is 1.29 bits per heavy atom. The summed E-state index contributed by atoms with van der Waals surface area (Å²) >= 11 is 0. The highest BCUT2D eigenvalue weighted by molar-refractivity contribution is 4.96. The van der Waals surface area contributed by atoms with Crippen LogP contribution in [0.2, 0.25) is 0 Å². The summed E-state index contributed by atoms with van der Waals surface area (Å²) in [5, 5.41) is 3.80. The van der Waals surface area contributed by atoms with Crippen LogP contribution in [0.3, 0.4) is 0 Å². The highest BCUT2D eigenvalue weighted by atomic mass is 15.2. The fraction of sp³-hybridized carbons (Fsp3) is 1.00. The molecule has 0 aliphatic carbocycles. The van der Waals surface area contributed by atoms with Crippen LogP contribution in [-0.4, -0.2) is 36.6 Å². The molecule has 2 aliphatic heterocycles. The van der Waals surface area contributed by atoms with E-state index in [1.54, 1.807) is 0 Å². The zero-order valence-corrected chi connectivity index (χ0v) is 11.8. The van der Waals surface area contributed by atoms with Crippen LogP contribution in [0.15, 0.2) is 0 Å². The molecule has 0 radical (unpaired) electrons. The Labute approximate surface area is 107 Å². The number of nitrogens with zero attached hydrogens (tertiary/aromatic N) is 1. The maximum Gasteiger partial charge on any atom is 0.0309 e. The lowest BCUT2D eigenvalue weighted by molar-refractivity contribution is 0.207. The van der Waals surface area contributed by atoms with Gasteiger partial charge >= 0.3 is 0 Å². The lowest BCUT2D eigenvalue weighted by Crippen LogP contribution is -2.49. The fourth-order valence-corrected chi connectivity index (χ4v) is 3.90. The molecule has 2 unspecified atom stereocenters. The van der Waals surface area contributed by atoms with Gasteiger partial charge < -0.3 is 10.2 Å². The zero-order chi connectivity index (χ0) is 12.1. The third kappa shape index (κ3) is 3.45. The Morgan fingerprint density at radius 3 is 2.82 bits per heavy atom. The molecule has 2 atom stereocenters. The molecule has 2 rings (SSSR count). The zero-order valence-electron chi connectivity index (χ0n) is 11.8. The van der Waals surface area contributed by atoms with Crippen molar-refractivity contribution in [1.29, 1.82) is 0 Å². The van der Waals surface area contributed by atoms with Crippen LogP contribution in [0.4, 0.5) is 0 Å². The summed E-state index contributed by atoms with van der Waals surface area (Å²) in [4.78, 5) is 2.73. The summed E-state index contributed by atoms with van der Waals surface area (Å²) in [5.41, 5.74) is 0.468. The predicted octanol–water partition coefficient (Wildman–Crippen LogP) is 3.03. The Balaban J connectivity index is 1.83. The van der Waals surface area contributed by atoms with Crippen molar-refractivity contribution in [2.24, 2.45) is 5.92 Å². The summed E-state index contributed by atoms with van der Waals surface area (Å²) in [6.07, 6.45) is 9.70. The highest BCUT2D eigenvalue weighted by Crippen LogP contribution is 2.29.